The fourth-order valence-corrected chi connectivity index (χ4v) is 5.23. The zero-order valence-electron chi connectivity index (χ0n) is 17.3. The molecule has 0 radical (unpaired) electrons. The third-order valence-corrected chi connectivity index (χ3v) is 6.84. The molecule has 2 saturated heterocycles. The summed E-state index contributed by atoms with van der Waals surface area (Å²) in [7, 11) is 2.04. The summed E-state index contributed by atoms with van der Waals surface area (Å²) in [6.45, 7) is 3.15. The first-order valence-electron chi connectivity index (χ1n) is 10.5. The van der Waals surface area contributed by atoms with Gasteiger partial charge in [-0.15, -0.1) is 0 Å². The van der Waals surface area contributed by atoms with Crippen LogP contribution in [-0.2, 0) is 7.05 Å². The second-order valence-electron chi connectivity index (χ2n) is 8.62. The van der Waals surface area contributed by atoms with Crippen molar-refractivity contribution < 1.29 is 4.79 Å². The molecule has 3 aliphatic rings. The Balaban J connectivity index is 1.52. The maximum absolute atomic E-state index is 12.8. The van der Waals surface area contributed by atoms with Crippen molar-refractivity contribution in [1.29, 1.82) is 5.26 Å². The number of carbonyl (C=O) groups is 1. The zero-order valence-corrected chi connectivity index (χ0v) is 17.3. The Hall–Kier alpha value is -3.17. The van der Waals surface area contributed by atoms with E-state index >= 15 is 0 Å². The fourth-order valence-electron chi connectivity index (χ4n) is 5.23. The first-order valence-corrected chi connectivity index (χ1v) is 10.5. The van der Waals surface area contributed by atoms with E-state index in [2.05, 4.69) is 39.4 Å². The summed E-state index contributed by atoms with van der Waals surface area (Å²) in [6, 6.07) is 9.44. The number of nitrogens with one attached hydrogen (secondary N) is 2. The van der Waals surface area contributed by atoms with Gasteiger partial charge in [0.2, 0.25) is 0 Å². The Labute approximate surface area is 175 Å². The highest BCUT2D eigenvalue weighted by Crippen LogP contribution is 2.44. The minimum atomic E-state index is -0.227. The summed E-state index contributed by atoms with van der Waals surface area (Å²) in [6.07, 6.45) is 7.68. The molecule has 2 N–H and O–H groups in total. The molecule has 2 aliphatic heterocycles. The molecule has 4 heterocycles. The molecule has 30 heavy (non-hydrogen) atoms. The highest BCUT2D eigenvalue weighted by molar-refractivity contribution is 6.06. The van der Waals surface area contributed by atoms with Crippen molar-refractivity contribution in [3.8, 4) is 6.07 Å². The maximum Gasteiger partial charge on any atom is 0.255 e. The summed E-state index contributed by atoms with van der Waals surface area (Å²) in [5, 5.41) is 16.9. The predicted molar refractivity (Wildman–Crippen MR) is 116 cm³/mol. The van der Waals surface area contributed by atoms with E-state index in [0.717, 1.165) is 23.4 Å². The molecule has 6 nitrogen and oxygen atoms in total. The number of nitrogens with zero attached hydrogens (tertiary/aromatic N) is 3. The molecule has 0 spiro atoms. The maximum atomic E-state index is 12.8. The van der Waals surface area contributed by atoms with Crippen molar-refractivity contribution in [1.82, 2.24) is 14.9 Å². The minimum absolute atomic E-state index is 0.227. The van der Waals surface area contributed by atoms with E-state index in [0.29, 0.717) is 29.0 Å². The Morgan fingerprint density at radius 1 is 1.37 bits per heavy atom. The molecular formula is C24H25N5O. The van der Waals surface area contributed by atoms with E-state index in [-0.39, 0.29) is 5.91 Å². The SMILES string of the molecule is Cc1c(NC(=O)c2cccc(C#N)c2)cnc2c1c(C1CC3CCC1CN3)cn2C. The minimum Gasteiger partial charge on any atom is -0.335 e. The van der Waals surface area contributed by atoms with Crippen LogP contribution in [0.4, 0.5) is 5.69 Å². The molecule has 1 aromatic carbocycles. The highest BCUT2D eigenvalue weighted by Gasteiger charge is 2.37. The summed E-state index contributed by atoms with van der Waals surface area (Å²) in [5.41, 5.74) is 5.03. The number of amides is 1. The van der Waals surface area contributed by atoms with Crippen molar-refractivity contribution >= 4 is 22.6 Å². The van der Waals surface area contributed by atoms with Gasteiger partial charge in [-0.25, -0.2) is 4.98 Å². The second-order valence-corrected chi connectivity index (χ2v) is 8.62. The van der Waals surface area contributed by atoms with Gasteiger partial charge in [0, 0.05) is 30.2 Å². The molecule has 152 valence electrons. The summed E-state index contributed by atoms with van der Waals surface area (Å²) >= 11 is 0. The molecule has 3 aromatic rings. The average Bonchev–Trinajstić information content (AvgIpc) is 3.13. The molecule has 1 saturated carbocycles. The number of benzene rings is 1. The lowest BCUT2D eigenvalue weighted by atomic mass is 9.70. The number of pyridine rings is 1. The van der Waals surface area contributed by atoms with E-state index in [9.17, 15) is 4.79 Å². The Morgan fingerprint density at radius 2 is 2.23 bits per heavy atom. The van der Waals surface area contributed by atoms with Crippen molar-refractivity contribution in [2.45, 2.75) is 38.1 Å². The van der Waals surface area contributed by atoms with Gasteiger partial charge in [0.1, 0.15) is 5.65 Å². The monoisotopic (exact) mass is 399 g/mol. The van der Waals surface area contributed by atoms with Gasteiger partial charge < -0.3 is 15.2 Å². The van der Waals surface area contributed by atoms with Crippen LogP contribution in [0, 0.1) is 24.2 Å². The molecule has 1 amide bonds. The Bertz CT molecular complexity index is 1180. The molecule has 6 rings (SSSR count). The van der Waals surface area contributed by atoms with Crippen LogP contribution < -0.4 is 10.6 Å². The third-order valence-electron chi connectivity index (χ3n) is 6.84. The molecule has 2 bridgehead atoms. The lowest BCUT2D eigenvalue weighted by Crippen LogP contribution is -2.48. The van der Waals surface area contributed by atoms with Crippen molar-refractivity contribution in [2.75, 3.05) is 11.9 Å². The number of nitriles is 1. The molecule has 3 atom stereocenters. The van der Waals surface area contributed by atoms with E-state index in [4.69, 9.17) is 5.26 Å². The number of fused-ring (bicyclic) bond motifs is 4. The normalized spacial score (nSPS) is 22.8. The first-order chi connectivity index (χ1) is 14.5. The van der Waals surface area contributed by atoms with Gasteiger partial charge in [-0.1, -0.05) is 6.07 Å². The Kier molecular flexibility index (Phi) is 4.56. The highest BCUT2D eigenvalue weighted by atomic mass is 16.1. The van der Waals surface area contributed by atoms with Gasteiger partial charge in [0.25, 0.3) is 5.91 Å². The van der Waals surface area contributed by atoms with Gasteiger partial charge in [0.15, 0.2) is 0 Å². The zero-order chi connectivity index (χ0) is 20.8. The topological polar surface area (TPSA) is 82.7 Å². The number of hydrogen-bond acceptors (Lipinski definition) is 4. The van der Waals surface area contributed by atoms with Gasteiger partial charge in [-0.2, -0.15) is 5.26 Å². The lowest BCUT2D eigenvalue weighted by molar-refractivity contribution is 0.102. The van der Waals surface area contributed by atoms with Crippen LogP contribution in [0.25, 0.3) is 11.0 Å². The second kappa shape index (κ2) is 7.26. The number of hydrogen-bond donors (Lipinski definition) is 2. The average molecular weight is 399 g/mol. The molecule has 3 unspecified atom stereocenters. The standard InChI is InChI=1S/C24H25N5O/c1-14-21(28-24(30)16-5-3-4-15(8-16)10-25)12-27-23-22(14)20(13-29(23)2)19-9-18-7-6-17(19)11-26-18/h3-5,8,12-13,17-19,26H,6-7,9,11H2,1-2H3,(H,28,30). The molecular weight excluding hydrogens is 374 g/mol. The van der Waals surface area contributed by atoms with E-state index < -0.39 is 0 Å². The van der Waals surface area contributed by atoms with Gasteiger partial charge in [-0.3, -0.25) is 4.79 Å². The Morgan fingerprint density at radius 3 is 2.93 bits per heavy atom. The van der Waals surface area contributed by atoms with Gasteiger partial charge >= 0.3 is 0 Å². The van der Waals surface area contributed by atoms with E-state index in [1.165, 1.54) is 30.2 Å². The van der Waals surface area contributed by atoms with Crippen LogP contribution in [0.15, 0.2) is 36.7 Å². The van der Waals surface area contributed by atoms with E-state index in [1.807, 2.05) is 7.05 Å². The van der Waals surface area contributed by atoms with Crippen LogP contribution in [0.3, 0.4) is 0 Å². The molecule has 2 aromatic heterocycles. The smallest absolute Gasteiger partial charge is 0.255 e. The van der Waals surface area contributed by atoms with Crippen LogP contribution in [0.5, 0.6) is 0 Å². The number of piperidine rings is 2. The summed E-state index contributed by atoms with van der Waals surface area (Å²) in [4.78, 5) is 17.5. The van der Waals surface area contributed by atoms with Crippen LogP contribution in [0.1, 0.15) is 52.2 Å². The van der Waals surface area contributed by atoms with Crippen LogP contribution in [-0.4, -0.2) is 28.0 Å². The molecule has 6 heteroatoms. The van der Waals surface area contributed by atoms with E-state index in [1.54, 1.807) is 30.5 Å². The fraction of sp³-hybridized carbons (Fsp3) is 0.375. The molecule has 3 fully saturated rings. The number of anilines is 1. The van der Waals surface area contributed by atoms with Crippen molar-refractivity contribution in [3.05, 3.63) is 58.9 Å². The lowest BCUT2D eigenvalue weighted by Gasteiger charge is -2.43. The molecule has 1 aliphatic carbocycles. The van der Waals surface area contributed by atoms with Gasteiger partial charge in [0.05, 0.1) is 23.5 Å². The number of rotatable bonds is 3. The number of aromatic nitrogens is 2. The van der Waals surface area contributed by atoms with Crippen LogP contribution >= 0.6 is 0 Å². The summed E-state index contributed by atoms with van der Waals surface area (Å²) < 4.78 is 2.11. The van der Waals surface area contributed by atoms with Crippen molar-refractivity contribution in [2.24, 2.45) is 13.0 Å². The van der Waals surface area contributed by atoms with Crippen molar-refractivity contribution in [3.63, 3.8) is 0 Å². The first kappa shape index (κ1) is 18.8. The van der Waals surface area contributed by atoms with Gasteiger partial charge in [-0.05, 0) is 73.9 Å². The number of aryl methyl sites for hydroxylation is 2. The van der Waals surface area contributed by atoms with Crippen LogP contribution in [0.2, 0.25) is 0 Å². The number of carbonyl (C=O) groups excluding carboxylic acids is 1. The summed E-state index contributed by atoms with van der Waals surface area (Å²) in [5.74, 6) is 0.967. The quantitative estimate of drug-likeness (QED) is 0.701. The third kappa shape index (κ3) is 3.06. The predicted octanol–water partition coefficient (Wildman–Crippen LogP) is 3.86. The largest absolute Gasteiger partial charge is 0.335 e.